The van der Waals surface area contributed by atoms with Gasteiger partial charge in [0.25, 0.3) is 0 Å². The van der Waals surface area contributed by atoms with Crippen LogP contribution in [0.25, 0.3) is 0 Å². The van der Waals surface area contributed by atoms with Crippen LogP contribution in [0.3, 0.4) is 0 Å². The fraction of sp³-hybridized carbons (Fsp3) is 0.875. The third kappa shape index (κ3) is 7.67. The molecule has 0 rings (SSSR count). The zero-order valence-electron chi connectivity index (χ0n) is 6.81. The third-order valence-corrected chi connectivity index (χ3v) is 0.806. The van der Waals surface area contributed by atoms with Gasteiger partial charge in [0.1, 0.15) is 0 Å². The molecule has 0 unspecified atom stereocenters. The predicted octanol–water partition coefficient (Wildman–Crippen LogP) is 2.25. The molecule has 0 spiro atoms. The minimum absolute atomic E-state index is 0.476. The minimum atomic E-state index is 0.476. The molecule has 1 radical (unpaired) electrons. The largest absolute Gasteiger partial charge is 0.287 e. The van der Waals surface area contributed by atoms with E-state index in [0.29, 0.717) is 11.8 Å². The second-order valence-corrected chi connectivity index (χ2v) is 3.02. The molecule has 0 heterocycles. The molecule has 1 heteroatoms. The van der Waals surface area contributed by atoms with Gasteiger partial charge in [0, 0.05) is 6.54 Å². The van der Waals surface area contributed by atoms with Crippen LogP contribution in [-0.2, 0) is 0 Å². The van der Waals surface area contributed by atoms with Gasteiger partial charge in [-0.3, -0.25) is 4.99 Å². The van der Waals surface area contributed by atoms with Crippen LogP contribution in [0.15, 0.2) is 4.99 Å². The highest BCUT2D eigenvalue weighted by molar-refractivity contribution is 5.59. The maximum atomic E-state index is 4.12. The zero-order chi connectivity index (χ0) is 7.28. The zero-order valence-corrected chi connectivity index (χ0v) is 6.81. The molecular formula is C8H16N. The van der Waals surface area contributed by atoms with Gasteiger partial charge in [0.2, 0.25) is 0 Å². The number of hydrogen-bond acceptors (Lipinski definition) is 1. The number of hydrogen-bond donors (Lipinski definition) is 0. The molecule has 0 aromatic carbocycles. The Hall–Kier alpha value is -0.330. The van der Waals surface area contributed by atoms with E-state index in [0.717, 1.165) is 6.54 Å². The lowest BCUT2D eigenvalue weighted by Gasteiger charge is -1.96. The molecule has 1 nitrogen and oxygen atoms in total. The van der Waals surface area contributed by atoms with E-state index in [1.807, 2.05) is 0 Å². The SMILES string of the molecule is CC(C)/[C]=N\CC(C)C. The van der Waals surface area contributed by atoms with E-state index >= 15 is 0 Å². The van der Waals surface area contributed by atoms with Crippen molar-refractivity contribution in [2.24, 2.45) is 16.8 Å². The van der Waals surface area contributed by atoms with Crippen molar-refractivity contribution in [1.82, 2.24) is 0 Å². The third-order valence-electron chi connectivity index (χ3n) is 0.806. The summed E-state index contributed by atoms with van der Waals surface area (Å²) in [5.41, 5.74) is 0. The summed E-state index contributed by atoms with van der Waals surface area (Å²) in [6.45, 7) is 9.41. The van der Waals surface area contributed by atoms with E-state index in [1.165, 1.54) is 0 Å². The molecule has 0 aromatic heterocycles. The molecule has 53 valence electrons. The molecular weight excluding hydrogens is 110 g/mol. The summed E-state index contributed by atoms with van der Waals surface area (Å²) in [5, 5.41) is 0. The lowest BCUT2D eigenvalue weighted by atomic mass is 10.2. The van der Waals surface area contributed by atoms with Crippen LogP contribution in [0.4, 0.5) is 0 Å². The lowest BCUT2D eigenvalue weighted by Crippen LogP contribution is -1.94. The second-order valence-electron chi connectivity index (χ2n) is 3.02. The van der Waals surface area contributed by atoms with Crippen LogP contribution in [0.2, 0.25) is 0 Å². The van der Waals surface area contributed by atoms with Crippen molar-refractivity contribution in [3.05, 3.63) is 0 Å². The van der Waals surface area contributed by atoms with Gasteiger partial charge in [-0.15, -0.1) is 0 Å². The summed E-state index contributed by atoms with van der Waals surface area (Å²) in [7, 11) is 0. The monoisotopic (exact) mass is 126 g/mol. The molecule has 0 aromatic rings. The number of aliphatic imine (C=N–C) groups is 1. The first-order valence-corrected chi connectivity index (χ1v) is 3.55. The first kappa shape index (κ1) is 8.67. The van der Waals surface area contributed by atoms with Gasteiger partial charge < -0.3 is 0 Å². The van der Waals surface area contributed by atoms with Crippen molar-refractivity contribution in [1.29, 1.82) is 0 Å². The molecule has 0 aliphatic rings. The fourth-order valence-corrected chi connectivity index (χ4v) is 0.418. The Morgan fingerprint density at radius 3 is 2.11 bits per heavy atom. The van der Waals surface area contributed by atoms with Crippen molar-refractivity contribution in [2.75, 3.05) is 6.54 Å². The van der Waals surface area contributed by atoms with Crippen LogP contribution in [-0.4, -0.2) is 12.8 Å². The van der Waals surface area contributed by atoms with Gasteiger partial charge in [-0.2, -0.15) is 0 Å². The van der Waals surface area contributed by atoms with E-state index in [2.05, 4.69) is 38.9 Å². The van der Waals surface area contributed by atoms with Crippen LogP contribution in [0.5, 0.6) is 0 Å². The Labute approximate surface area is 58.2 Å². The highest BCUT2D eigenvalue weighted by Gasteiger charge is 1.89. The van der Waals surface area contributed by atoms with E-state index in [-0.39, 0.29) is 0 Å². The van der Waals surface area contributed by atoms with E-state index in [9.17, 15) is 0 Å². The first-order chi connectivity index (χ1) is 4.13. The Morgan fingerprint density at radius 2 is 1.78 bits per heavy atom. The summed E-state index contributed by atoms with van der Waals surface area (Å²) in [4.78, 5) is 4.12. The van der Waals surface area contributed by atoms with Crippen molar-refractivity contribution >= 4 is 6.21 Å². The van der Waals surface area contributed by atoms with Crippen LogP contribution in [0, 0.1) is 11.8 Å². The van der Waals surface area contributed by atoms with Crippen LogP contribution >= 0.6 is 0 Å². The van der Waals surface area contributed by atoms with Crippen molar-refractivity contribution in [3.63, 3.8) is 0 Å². The van der Waals surface area contributed by atoms with Crippen molar-refractivity contribution in [3.8, 4) is 0 Å². The van der Waals surface area contributed by atoms with Gasteiger partial charge in [-0.05, 0) is 11.8 Å². The molecule has 0 saturated heterocycles. The summed E-state index contributed by atoms with van der Waals surface area (Å²) >= 11 is 0. The molecule has 9 heavy (non-hydrogen) atoms. The Balaban J connectivity index is 3.25. The van der Waals surface area contributed by atoms with E-state index < -0.39 is 0 Å². The second kappa shape index (κ2) is 4.54. The predicted molar refractivity (Wildman–Crippen MR) is 42.0 cm³/mol. The highest BCUT2D eigenvalue weighted by Crippen LogP contribution is 1.92. The minimum Gasteiger partial charge on any atom is -0.287 e. The number of rotatable bonds is 3. The summed E-state index contributed by atoms with van der Waals surface area (Å²) in [6.07, 6.45) is 3.00. The highest BCUT2D eigenvalue weighted by atomic mass is 14.7. The normalized spacial score (nSPS) is 12.2. The van der Waals surface area contributed by atoms with Gasteiger partial charge in [0.05, 0.1) is 6.21 Å². The topological polar surface area (TPSA) is 12.4 Å². The molecule has 0 bridgehead atoms. The van der Waals surface area contributed by atoms with Gasteiger partial charge in [0.15, 0.2) is 0 Å². The molecule has 0 fully saturated rings. The molecule has 0 atom stereocenters. The van der Waals surface area contributed by atoms with Crippen LogP contribution in [0.1, 0.15) is 27.7 Å². The summed E-state index contributed by atoms with van der Waals surface area (Å²) < 4.78 is 0. The fourth-order valence-electron chi connectivity index (χ4n) is 0.418. The average molecular weight is 126 g/mol. The lowest BCUT2D eigenvalue weighted by molar-refractivity contribution is 0.663. The maximum absolute atomic E-state index is 4.12. The Morgan fingerprint density at radius 1 is 1.22 bits per heavy atom. The summed E-state index contributed by atoms with van der Waals surface area (Å²) in [6, 6.07) is 0. The average Bonchev–Trinajstić information content (AvgIpc) is 1.63. The molecule has 0 aliphatic carbocycles. The van der Waals surface area contributed by atoms with Gasteiger partial charge in [-0.25, -0.2) is 0 Å². The molecule has 0 amide bonds. The Kier molecular flexibility index (Phi) is 4.37. The molecule has 0 aliphatic heterocycles. The quantitative estimate of drug-likeness (QED) is 0.514. The standard InChI is InChI=1S/C8H16N/c1-7(2)5-9-6-8(3)4/h7-8H,5H2,1-4H3. The van der Waals surface area contributed by atoms with Crippen molar-refractivity contribution in [2.45, 2.75) is 27.7 Å². The van der Waals surface area contributed by atoms with E-state index in [4.69, 9.17) is 0 Å². The van der Waals surface area contributed by atoms with Gasteiger partial charge in [-0.1, -0.05) is 27.7 Å². The van der Waals surface area contributed by atoms with Gasteiger partial charge >= 0.3 is 0 Å². The number of nitrogens with zero attached hydrogens (tertiary/aromatic N) is 1. The maximum Gasteiger partial charge on any atom is 0.0586 e. The molecule has 0 N–H and O–H groups in total. The summed E-state index contributed by atoms with van der Waals surface area (Å²) in [5.74, 6) is 1.14. The van der Waals surface area contributed by atoms with Crippen molar-refractivity contribution < 1.29 is 0 Å². The first-order valence-electron chi connectivity index (χ1n) is 3.55. The molecule has 0 saturated carbocycles. The smallest absolute Gasteiger partial charge is 0.0586 e. The Bertz CT molecular complexity index is 82.6. The van der Waals surface area contributed by atoms with Crippen LogP contribution < -0.4 is 0 Å². The van der Waals surface area contributed by atoms with E-state index in [1.54, 1.807) is 0 Å².